The summed E-state index contributed by atoms with van der Waals surface area (Å²) in [5.74, 6) is 2.02. The largest absolute Gasteiger partial charge is 0.508 e. The third-order valence-electron chi connectivity index (χ3n) is 3.98. The number of rotatable bonds is 3. The van der Waals surface area contributed by atoms with Crippen LogP contribution in [0.4, 0.5) is 0 Å². The number of ether oxygens (including phenoxy) is 2. The van der Waals surface area contributed by atoms with Crippen molar-refractivity contribution in [3.05, 3.63) is 53.1 Å². The number of hydrogen-bond acceptors (Lipinski definition) is 4. The summed E-state index contributed by atoms with van der Waals surface area (Å²) in [7, 11) is 3.28. The number of phenols is 1. The van der Waals surface area contributed by atoms with Gasteiger partial charge in [-0.1, -0.05) is 12.1 Å². The Labute approximate surface area is 124 Å². The highest BCUT2D eigenvalue weighted by molar-refractivity contribution is 5.49. The second-order valence-corrected chi connectivity index (χ2v) is 5.18. The van der Waals surface area contributed by atoms with Gasteiger partial charge in [-0.3, -0.25) is 0 Å². The molecule has 0 aliphatic carbocycles. The van der Waals surface area contributed by atoms with Crippen molar-refractivity contribution in [2.75, 3.05) is 20.8 Å². The molecule has 0 saturated heterocycles. The standard InChI is InChI=1S/C17H19NO3/c1-20-16-6-3-11(8-17(16)21-2)15-10-18-9-12-7-13(19)4-5-14(12)15/h3-8,15,18-19H,9-10H2,1-2H3. The molecule has 4 heteroatoms. The normalized spacial score (nSPS) is 17.1. The van der Waals surface area contributed by atoms with Gasteiger partial charge in [-0.2, -0.15) is 0 Å². The third kappa shape index (κ3) is 2.54. The minimum Gasteiger partial charge on any atom is -0.508 e. The Bertz CT molecular complexity index is 654. The topological polar surface area (TPSA) is 50.7 Å². The number of fused-ring (bicyclic) bond motifs is 1. The Morgan fingerprint density at radius 3 is 2.62 bits per heavy atom. The minimum atomic E-state index is 0.245. The monoisotopic (exact) mass is 285 g/mol. The van der Waals surface area contributed by atoms with E-state index in [1.165, 1.54) is 11.1 Å². The molecule has 0 saturated carbocycles. The first kappa shape index (κ1) is 13.8. The van der Waals surface area contributed by atoms with E-state index in [0.717, 1.165) is 30.2 Å². The van der Waals surface area contributed by atoms with Crippen molar-refractivity contribution in [1.82, 2.24) is 5.32 Å². The lowest BCUT2D eigenvalue weighted by Gasteiger charge is -2.27. The van der Waals surface area contributed by atoms with Crippen molar-refractivity contribution in [2.24, 2.45) is 0 Å². The first-order valence-corrected chi connectivity index (χ1v) is 6.97. The number of benzene rings is 2. The quantitative estimate of drug-likeness (QED) is 0.910. The fourth-order valence-corrected chi connectivity index (χ4v) is 2.91. The molecule has 2 N–H and O–H groups in total. The average molecular weight is 285 g/mol. The van der Waals surface area contributed by atoms with Crippen LogP contribution < -0.4 is 14.8 Å². The van der Waals surface area contributed by atoms with Gasteiger partial charge in [0.2, 0.25) is 0 Å². The van der Waals surface area contributed by atoms with Crippen LogP contribution in [0.3, 0.4) is 0 Å². The van der Waals surface area contributed by atoms with Crippen LogP contribution in [0.15, 0.2) is 36.4 Å². The molecular weight excluding hydrogens is 266 g/mol. The van der Waals surface area contributed by atoms with Gasteiger partial charge >= 0.3 is 0 Å². The lowest BCUT2D eigenvalue weighted by atomic mass is 9.85. The van der Waals surface area contributed by atoms with E-state index < -0.39 is 0 Å². The van der Waals surface area contributed by atoms with Crippen LogP contribution in [0.5, 0.6) is 17.2 Å². The molecule has 21 heavy (non-hydrogen) atoms. The Hall–Kier alpha value is -2.20. The van der Waals surface area contributed by atoms with Gasteiger partial charge in [0.1, 0.15) is 5.75 Å². The second-order valence-electron chi connectivity index (χ2n) is 5.18. The Kier molecular flexibility index (Phi) is 3.71. The fraction of sp³-hybridized carbons (Fsp3) is 0.294. The highest BCUT2D eigenvalue weighted by atomic mass is 16.5. The zero-order valence-electron chi connectivity index (χ0n) is 12.2. The van der Waals surface area contributed by atoms with Gasteiger partial charge in [0.05, 0.1) is 14.2 Å². The minimum absolute atomic E-state index is 0.245. The predicted molar refractivity (Wildman–Crippen MR) is 81.2 cm³/mol. The number of methoxy groups -OCH3 is 2. The van der Waals surface area contributed by atoms with Crippen LogP contribution in [0.25, 0.3) is 0 Å². The summed E-state index contributed by atoms with van der Waals surface area (Å²) in [6.45, 7) is 1.65. The molecule has 0 aromatic heterocycles. The van der Waals surface area contributed by atoms with Gasteiger partial charge in [0.15, 0.2) is 11.5 Å². The molecule has 0 fully saturated rings. The van der Waals surface area contributed by atoms with Crippen LogP contribution in [-0.2, 0) is 6.54 Å². The van der Waals surface area contributed by atoms with Crippen molar-refractivity contribution >= 4 is 0 Å². The maximum absolute atomic E-state index is 9.63. The summed E-state index contributed by atoms with van der Waals surface area (Å²) >= 11 is 0. The van der Waals surface area contributed by atoms with E-state index in [1.807, 2.05) is 24.3 Å². The maximum atomic E-state index is 9.63. The number of nitrogens with one attached hydrogen (secondary N) is 1. The van der Waals surface area contributed by atoms with E-state index in [4.69, 9.17) is 9.47 Å². The number of hydrogen-bond donors (Lipinski definition) is 2. The molecule has 0 bridgehead atoms. The molecule has 0 spiro atoms. The fourth-order valence-electron chi connectivity index (χ4n) is 2.91. The molecule has 0 radical (unpaired) electrons. The summed E-state index contributed by atoms with van der Waals surface area (Å²) in [5, 5.41) is 13.0. The van der Waals surface area contributed by atoms with E-state index in [2.05, 4.69) is 11.4 Å². The van der Waals surface area contributed by atoms with Crippen molar-refractivity contribution in [2.45, 2.75) is 12.5 Å². The second kappa shape index (κ2) is 5.66. The Morgan fingerprint density at radius 1 is 1.05 bits per heavy atom. The molecule has 1 aliphatic rings. The molecule has 4 nitrogen and oxygen atoms in total. The van der Waals surface area contributed by atoms with Gasteiger partial charge in [-0.25, -0.2) is 0 Å². The number of aromatic hydroxyl groups is 1. The molecular formula is C17H19NO3. The van der Waals surface area contributed by atoms with Crippen LogP contribution in [-0.4, -0.2) is 25.9 Å². The van der Waals surface area contributed by atoms with Crippen molar-refractivity contribution in [1.29, 1.82) is 0 Å². The summed E-state index contributed by atoms with van der Waals surface area (Å²) in [5.41, 5.74) is 3.56. The van der Waals surface area contributed by atoms with E-state index >= 15 is 0 Å². The summed E-state index contributed by atoms with van der Waals surface area (Å²) < 4.78 is 10.7. The third-order valence-corrected chi connectivity index (χ3v) is 3.98. The molecule has 2 aromatic rings. The smallest absolute Gasteiger partial charge is 0.161 e. The molecule has 110 valence electrons. The van der Waals surface area contributed by atoms with Crippen molar-refractivity contribution < 1.29 is 14.6 Å². The van der Waals surface area contributed by atoms with Crippen LogP contribution in [0, 0.1) is 0 Å². The highest BCUT2D eigenvalue weighted by Crippen LogP contribution is 2.36. The number of phenolic OH excluding ortho intramolecular Hbond substituents is 1. The summed E-state index contributed by atoms with van der Waals surface area (Å²) in [6.07, 6.45) is 0. The predicted octanol–water partition coefficient (Wildman–Crippen LogP) is 2.64. The SMILES string of the molecule is COc1ccc(C2CNCc3cc(O)ccc32)cc1OC. The van der Waals surface area contributed by atoms with Gasteiger partial charge in [0, 0.05) is 19.0 Å². The molecule has 3 rings (SSSR count). The van der Waals surface area contributed by atoms with E-state index in [-0.39, 0.29) is 5.92 Å². The lowest BCUT2D eigenvalue weighted by Crippen LogP contribution is -2.28. The average Bonchev–Trinajstić information content (AvgIpc) is 2.53. The molecule has 1 aliphatic heterocycles. The van der Waals surface area contributed by atoms with Gasteiger partial charge in [-0.05, 0) is 41.0 Å². The molecule has 1 unspecified atom stereocenters. The van der Waals surface area contributed by atoms with Crippen LogP contribution >= 0.6 is 0 Å². The molecule has 1 heterocycles. The summed E-state index contributed by atoms with van der Waals surface area (Å²) in [4.78, 5) is 0. The summed E-state index contributed by atoms with van der Waals surface area (Å²) in [6, 6.07) is 11.6. The molecule has 1 atom stereocenters. The lowest BCUT2D eigenvalue weighted by molar-refractivity contribution is 0.354. The van der Waals surface area contributed by atoms with Crippen molar-refractivity contribution in [3.63, 3.8) is 0 Å². The van der Waals surface area contributed by atoms with Gasteiger partial charge in [0.25, 0.3) is 0 Å². The van der Waals surface area contributed by atoms with Crippen LogP contribution in [0.2, 0.25) is 0 Å². The Balaban J connectivity index is 2.02. The van der Waals surface area contributed by atoms with E-state index in [1.54, 1.807) is 20.3 Å². The van der Waals surface area contributed by atoms with E-state index in [0.29, 0.717) is 5.75 Å². The molecule has 2 aromatic carbocycles. The molecule has 0 amide bonds. The Morgan fingerprint density at radius 2 is 1.86 bits per heavy atom. The highest BCUT2D eigenvalue weighted by Gasteiger charge is 2.22. The van der Waals surface area contributed by atoms with Crippen LogP contribution in [0.1, 0.15) is 22.6 Å². The van der Waals surface area contributed by atoms with Gasteiger partial charge in [-0.15, -0.1) is 0 Å². The van der Waals surface area contributed by atoms with E-state index in [9.17, 15) is 5.11 Å². The van der Waals surface area contributed by atoms with Gasteiger partial charge < -0.3 is 19.9 Å². The zero-order valence-corrected chi connectivity index (χ0v) is 12.2. The zero-order chi connectivity index (χ0) is 14.8. The van der Waals surface area contributed by atoms with Crippen molar-refractivity contribution in [3.8, 4) is 17.2 Å². The maximum Gasteiger partial charge on any atom is 0.161 e. The first-order chi connectivity index (χ1) is 10.2. The first-order valence-electron chi connectivity index (χ1n) is 6.97.